The molecule has 1 heterocycles. The topological polar surface area (TPSA) is 8.17 Å². The van der Waals surface area contributed by atoms with Crippen LogP contribution in [0.5, 0.6) is 0 Å². The summed E-state index contributed by atoms with van der Waals surface area (Å²) in [7, 11) is 0. The van der Waals surface area contributed by atoms with E-state index in [1.54, 1.807) is 0 Å². The fourth-order valence-corrected chi connectivity index (χ4v) is 8.60. The van der Waals surface area contributed by atoms with Gasteiger partial charge in [0.2, 0.25) is 0 Å². The molecule has 1 aromatic heterocycles. The summed E-state index contributed by atoms with van der Waals surface area (Å²) < 4.78 is 2.39. The predicted octanol–water partition coefficient (Wildman–Crippen LogP) is 15.6. The lowest BCUT2D eigenvalue weighted by molar-refractivity contribution is 1.18. The normalized spacial score (nSPS) is 11.4. The second-order valence-corrected chi connectivity index (χ2v) is 15.0. The van der Waals surface area contributed by atoms with Gasteiger partial charge < -0.3 is 9.47 Å². The fourth-order valence-electron chi connectivity index (χ4n) is 8.60. The molecule has 0 fully saturated rings. The lowest BCUT2D eigenvalue weighted by Crippen LogP contribution is -2.09. The number of benzene rings is 10. The van der Waals surface area contributed by atoms with Crippen molar-refractivity contribution in [2.45, 2.75) is 0 Å². The van der Waals surface area contributed by atoms with Crippen LogP contribution in [0.25, 0.3) is 82.4 Å². The summed E-state index contributed by atoms with van der Waals surface area (Å²) in [5, 5.41) is 7.52. The third-order valence-electron chi connectivity index (χ3n) is 11.6. The molecule has 0 spiro atoms. The van der Waals surface area contributed by atoms with Gasteiger partial charge in [-0.1, -0.05) is 152 Å². The quantitative estimate of drug-likeness (QED) is 0.158. The Morgan fingerprint density at radius 1 is 0.259 bits per heavy atom. The Morgan fingerprint density at radius 3 is 1.26 bits per heavy atom. The average Bonchev–Trinajstić information content (AvgIpc) is 3.63. The lowest BCUT2D eigenvalue weighted by Gasteiger charge is -2.26. The van der Waals surface area contributed by atoms with Crippen LogP contribution in [0.15, 0.2) is 231 Å². The van der Waals surface area contributed by atoms with Gasteiger partial charge >= 0.3 is 0 Å². The van der Waals surface area contributed by atoms with Crippen molar-refractivity contribution in [2.75, 3.05) is 4.90 Å². The first-order valence-corrected chi connectivity index (χ1v) is 19.9. The van der Waals surface area contributed by atoms with Gasteiger partial charge in [0.15, 0.2) is 0 Å². The van der Waals surface area contributed by atoms with Crippen molar-refractivity contribution in [1.29, 1.82) is 0 Å². The number of fused-ring (bicyclic) bond motifs is 5. The summed E-state index contributed by atoms with van der Waals surface area (Å²) in [5.41, 5.74) is 14.1. The molecule has 0 saturated carbocycles. The second kappa shape index (κ2) is 14.1. The molecule has 0 aliphatic heterocycles. The molecule has 11 aromatic rings. The molecule has 0 amide bonds. The minimum Gasteiger partial charge on any atom is -0.311 e. The zero-order valence-corrected chi connectivity index (χ0v) is 31.8. The number of para-hydroxylation sites is 2. The Balaban J connectivity index is 0.919. The average molecular weight is 739 g/mol. The van der Waals surface area contributed by atoms with Crippen LogP contribution in [0.3, 0.4) is 0 Å². The van der Waals surface area contributed by atoms with Gasteiger partial charge in [-0.25, -0.2) is 0 Å². The monoisotopic (exact) mass is 738 g/mol. The summed E-state index contributed by atoms with van der Waals surface area (Å²) >= 11 is 0. The van der Waals surface area contributed by atoms with E-state index in [2.05, 4.69) is 240 Å². The first-order chi connectivity index (χ1) is 28.7. The van der Waals surface area contributed by atoms with Crippen molar-refractivity contribution in [2.24, 2.45) is 0 Å². The zero-order chi connectivity index (χ0) is 38.4. The second-order valence-electron chi connectivity index (χ2n) is 15.0. The molecule has 58 heavy (non-hydrogen) atoms. The van der Waals surface area contributed by atoms with E-state index in [4.69, 9.17) is 0 Å². The van der Waals surface area contributed by atoms with Gasteiger partial charge in [0.05, 0.1) is 11.0 Å². The Hall–Kier alpha value is -7.68. The Morgan fingerprint density at radius 2 is 0.672 bits per heavy atom. The van der Waals surface area contributed by atoms with E-state index in [0.29, 0.717) is 0 Å². The number of rotatable bonds is 7. The molecule has 10 aromatic carbocycles. The van der Waals surface area contributed by atoms with Crippen LogP contribution >= 0.6 is 0 Å². The maximum absolute atomic E-state index is 2.39. The van der Waals surface area contributed by atoms with Crippen molar-refractivity contribution >= 4 is 60.4 Å². The molecule has 0 aliphatic rings. The summed E-state index contributed by atoms with van der Waals surface area (Å²) in [5.74, 6) is 0. The minimum absolute atomic E-state index is 1.11. The van der Waals surface area contributed by atoms with Crippen LogP contribution in [-0.2, 0) is 0 Å². The molecular weight excluding hydrogens is 701 g/mol. The van der Waals surface area contributed by atoms with E-state index in [1.807, 2.05) is 0 Å². The van der Waals surface area contributed by atoms with E-state index >= 15 is 0 Å². The van der Waals surface area contributed by atoms with Crippen LogP contribution in [0.4, 0.5) is 17.1 Å². The van der Waals surface area contributed by atoms with Gasteiger partial charge in [-0.3, -0.25) is 0 Å². The smallest absolute Gasteiger partial charge is 0.0541 e. The highest BCUT2D eigenvalue weighted by Gasteiger charge is 2.16. The Bertz CT molecular complexity index is 3250. The van der Waals surface area contributed by atoms with E-state index in [1.165, 1.54) is 76.7 Å². The highest BCUT2D eigenvalue weighted by Crippen LogP contribution is 2.39. The molecule has 2 nitrogen and oxygen atoms in total. The molecule has 272 valence electrons. The standard InChI is InChI=1S/C56H38N2/c1-2-14-49(15-3-1)57(50-29-22-41(23-30-50)46-20-18-39-10-4-6-12-44(39)36-46)51-31-24-43(25-32-51)48-28-35-56-54(38-48)53-16-8-9-17-55(53)58(56)52-33-26-42(27-34-52)47-21-19-40-11-5-7-13-45(40)37-47/h1-38H. The third kappa shape index (κ3) is 6.00. The zero-order valence-electron chi connectivity index (χ0n) is 31.8. The van der Waals surface area contributed by atoms with Crippen LogP contribution in [-0.4, -0.2) is 4.57 Å². The van der Waals surface area contributed by atoms with Crippen molar-refractivity contribution in [3.63, 3.8) is 0 Å². The molecular formula is C56H38N2. The van der Waals surface area contributed by atoms with Gasteiger partial charge in [0.25, 0.3) is 0 Å². The number of nitrogens with zero attached hydrogens (tertiary/aromatic N) is 2. The highest BCUT2D eigenvalue weighted by molar-refractivity contribution is 6.10. The SMILES string of the molecule is c1ccc(N(c2ccc(-c3ccc4ccccc4c3)cc2)c2ccc(-c3ccc4c(c3)c3ccccc3n4-c3ccc(-c4ccc5ccccc5c4)cc3)cc2)cc1. The summed E-state index contributed by atoms with van der Waals surface area (Å²) in [6, 6.07) is 83.6. The third-order valence-corrected chi connectivity index (χ3v) is 11.6. The first kappa shape index (κ1) is 33.6. The van der Waals surface area contributed by atoms with Crippen molar-refractivity contribution < 1.29 is 0 Å². The van der Waals surface area contributed by atoms with Crippen molar-refractivity contribution in [3.05, 3.63) is 231 Å². The van der Waals surface area contributed by atoms with E-state index in [9.17, 15) is 0 Å². The fraction of sp³-hybridized carbons (Fsp3) is 0. The van der Waals surface area contributed by atoms with E-state index < -0.39 is 0 Å². The maximum Gasteiger partial charge on any atom is 0.0541 e. The number of hydrogen-bond acceptors (Lipinski definition) is 1. The first-order valence-electron chi connectivity index (χ1n) is 19.9. The number of aromatic nitrogens is 1. The molecule has 0 radical (unpaired) electrons. The molecule has 2 heteroatoms. The van der Waals surface area contributed by atoms with Crippen LogP contribution < -0.4 is 4.90 Å². The largest absolute Gasteiger partial charge is 0.311 e. The van der Waals surface area contributed by atoms with Gasteiger partial charge in [0.1, 0.15) is 0 Å². The van der Waals surface area contributed by atoms with Crippen LogP contribution in [0, 0.1) is 0 Å². The van der Waals surface area contributed by atoms with E-state index in [-0.39, 0.29) is 0 Å². The molecule has 0 unspecified atom stereocenters. The molecule has 0 atom stereocenters. The van der Waals surface area contributed by atoms with Crippen molar-refractivity contribution in [1.82, 2.24) is 4.57 Å². The van der Waals surface area contributed by atoms with Gasteiger partial charge in [-0.2, -0.15) is 0 Å². The predicted molar refractivity (Wildman–Crippen MR) is 247 cm³/mol. The molecule has 0 aliphatic carbocycles. The summed E-state index contributed by atoms with van der Waals surface area (Å²) in [4.78, 5) is 2.33. The summed E-state index contributed by atoms with van der Waals surface area (Å²) in [6.45, 7) is 0. The number of hydrogen-bond donors (Lipinski definition) is 0. The molecule has 11 rings (SSSR count). The minimum atomic E-state index is 1.11. The van der Waals surface area contributed by atoms with Gasteiger partial charge in [-0.15, -0.1) is 0 Å². The highest BCUT2D eigenvalue weighted by atomic mass is 15.1. The Kier molecular flexibility index (Phi) is 8.19. The summed E-state index contributed by atoms with van der Waals surface area (Å²) in [6.07, 6.45) is 0. The van der Waals surface area contributed by atoms with Gasteiger partial charge in [0, 0.05) is 33.5 Å². The van der Waals surface area contributed by atoms with Crippen molar-refractivity contribution in [3.8, 4) is 39.1 Å². The van der Waals surface area contributed by atoms with E-state index in [0.717, 1.165) is 22.7 Å². The molecule has 0 saturated heterocycles. The lowest BCUT2D eigenvalue weighted by atomic mass is 10.0. The maximum atomic E-state index is 2.39. The molecule has 0 N–H and O–H groups in total. The van der Waals surface area contributed by atoms with Gasteiger partial charge in [-0.05, 0) is 134 Å². The van der Waals surface area contributed by atoms with Crippen LogP contribution in [0.1, 0.15) is 0 Å². The Labute approximate surface area is 338 Å². The van der Waals surface area contributed by atoms with Crippen LogP contribution in [0.2, 0.25) is 0 Å². The number of anilines is 3. The molecule has 0 bridgehead atoms.